The number of halogens is 2. The van der Waals surface area contributed by atoms with Gasteiger partial charge in [-0.25, -0.2) is 9.18 Å². The summed E-state index contributed by atoms with van der Waals surface area (Å²) in [5.41, 5.74) is 1.71. The number of furan rings is 1. The summed E-state index contributed by atoms with van der Waals surface area (Å²) in [6.07, 6.45) is 4.32. The van der Waals surface area contributed by atoms with Crippen molar-refractivity contribution < 1.29 is 13.6 Å². The van der Waals surface area contributed by atoms with E-state index in [1.165, 1.54) is 17.7 Å². The molecule has 0 bridgehead atoms. The number of anilines is 1. The van der Waals surface area contributed by atoms with E-state index in [9.17, 15) is 9.18 Å². The van der Waals surface area contributed by atoms with Crippen LogP contribution in [0.15, 0.2) is 71.3 Å². The van der Waals surface area contributed by atoms with Crippen molar-refractivity contribution >= 4 is 23.3 Å². The molecule has 7 heteroatoms. The molecule has 0 spiro atoms. The number of rotatable bonds is 7. The lowest BCUT2D eigenvalue weighted by atomic mass is 10.0. The van der Waals surface area contributed by atoms with Gasteiger partial charge in [-0.1, -0.05) is 29.8 Å². The van der Waals surface area contributed by atoms with Gasteiger partial charge in [0.1, 0.15) is 11.6 Å². The molecular weight excluding hydrogens is 429 g/mol. The highest BCUT2D eigenvalue weighted by molar-refractivity contribution is 6.30. The van der Waals surface area contributed by atoms with Gasteiger partial charge in [-0.05, 0) is 67.3 Å². The van der Waals surface area contributed by atoms with Gasteiger partial charge in [-0.3, -0.25) is 0 Å². The zero-order valence-corrected chi connectivity index (χ0v) is 18.6. The molecule has 1 aliphatic rings. The molecule has 1 saturated heterocycles. The molecule has 1 N–H and O–H groups in total. The molecule has 2 amide bonds. The standard InChI is InChI=1S/C25H27ClFN3O2/c26-20-8-6-19(7-9-20)10-13-29-14-11-23(12-15-29)30(18-24-5-2-16-32-24)25(31)28-22-4-1-3-21(27)17-22/h1-9,16-17,23H,10-15,18H2,(H,28,31). The number of benzene rings is 2. The lowest BCUT2D eigenvalue weighted by Crippen LogP contribution is -2.48. The SMILES string of the molecule is O=C(Nc1cccc(F)c1)N(Cc1ccco1)C1CCN(CCc2ccc(Cl)cc2)CC1. The summed E-state index contributed by atoms with van der Waals surface area (Å²) < 4.78 is 19.0. The zero-order valence-electron chi connectivity index (χ0n) is 17.8. The minimum Gasteiger partial charge on any atom is -0.467 e. The Kier molecular flexibility index (Phi) is 7.45. The minimum absolute atomic E-state index is 0.0837. The maximum Gasteiger partial charge on any atom is 0.322 e. The van der Waals surface area contributed by atoms with Crippen LogP contribution >= 0.6 is 11.6 Å². The quantitative estimate of drug-likeness (QED) is 0.488. The first-order valence-corrected chi connectivity index (χ1v) is 11.3. The zero-order chi connectivity index (χ0) is 22.3. The van der Waals surface area contributed by atoms with Crippen LogP contribution in [-0.2, 0) is 13.0 Å². The normalized spacial score (nSPS) is 14.9. The van der Waals surface area contributed by atoms with Crippen LogP contribution in [0.5, 0.6) is 0 Å². The van der Waals surface area contributed by atoms with Crippen molar-refractivity contribution in [1.29, 1.82) is 0 Å². The van der Waals surface area contributed by atoms with E-state index in [0.29, 0.717) is 12.2 Å². The molecule has 4 rings (SSSR count). The van der Waals surface area contributed by atoms with Crippen LogP contribution in [0.3, 0.4) is 0 Å². The van der Waals surface area contributed by atoms with Crippen molar-refractivity contribution in [2.24, 2.45) is 0 Å². The maximum atomic E-state index is 13.5. The molecule has 168 valence electrons. The van der Waals surface area contributed by atoms with Crippen molar-refractivity contribution in [2.45, 2.75) is 31.8 Å². The first kappa shape index (κ1) is 22.4. The fourth-order valence-corrected chi connectivity index (χ4v) is 4.22. The number of hydrogen-bond donors (Lipinski definition) is 1. The first-order valence-electron chi connectivity index (χ1n) is 10.9. The number of nitrogens with one attached hydrogen (secondary N) is 1. The Bertz CT molecular complexity index is 1000. The smallest absolute Gasteiger partial charge is 0.322 e. The number of hydrogen-bond acceptors (Lipinski definition) is 3. The average molecular weight is 456 g/mol. The molecule has 3 aromatic rings. The van der Waals surface area contributed by atoms with E-state index >= 15 is 0 Å². The average Bonchev–Trinajstić information content (AvgIpc) is 3.31. The fraction of sp³-hybridized carbons (Fsp3) is 0.320. The Hall–Kier alpha value is -2.83. The molecule has 1 aromatic heterocycles. The van der Waals surface area contributed by atoms with E-state index in [0.717, 1.165) is 49.7 Å². The molecule has 1 aliphatic heterocycles. The van der Waals surface area contributed by atoms with E-state index in [-0.39, 0.29) is 17.9 Å². The molecule has 5 nitrogen and oxygen atoms in total. The molecule has 2 heterocycles. The Morgan fingerprint density at radius 2 is 1.91 bits per heavy atom. The van der Waals surface area contributed by atoms with E-state index in [1.54, 1.807) is 23.3 Å². The van der Waals surface area contributed by atoms with Gasteiger partial charge in [0.05, 0.1) is 12.8 Å². The third-order valence-electron chi connectivity index (χ3n) is 5.87. The predicted octanol–water partition coefficient (Wildman–Crippen LogP) is 5.81. The van der Waals surface area contributed by atoms with Crippen LogP contribution < -0.4 is 5.32 Å². The van der Waals surface area contributed by atoms with Gasteiger partial charge in [0, 0.05) is 36.4 Å². The van der Waals surface area contributed by atoms with Gasteiger partial charge in [-0.15, -0.1) is 0 Å². The van der Waals surface area contributed by atoms with Crippen LogP contribution in [-0.4, -0.2) is 41.5 Å². The lowest BCUT2D eigenvalue weighted by molar-refractivity contribution is 0.119. The Morgan fingerprint density at radius 3 is 2.59 bits per heavy atom. The molecule has 32 heavy (non-hydrogen) atoms. The van der Waals surface area contributed by atoms with Crippen LogP contribution in [0.4, 0.5) is 14.9 Å². The lowest BCUT2D eigenvalue weighted by Gasteiger charge is -2.38. The summed E-state index contributed by atoms with van der Waals surface area (Å²) in [6.45, 7) is 3.19. The van der Waals surface area contributed by atoms with Gasteiger partial charge >= 0.3 is 6.03 Å². The molecule has 2 aromatic carbocycles. The Morgan fingerprint density at radius 1 is 1.12 bits per heavy atom. The molecule has 0 saturated carbocycles. The van der Waals surface area contributed by atoms with Crippen molar-refractivity contribution in [3.63, 3.8) is 0 Å². The van der Waals surface area contributed by atoms with Crippen molar-refractivity contribution in [3.05, 3.63) is 89.1 Å². The van der Waals surface area contributed by atoms with Crippen molar-refractivity contribution in [1.82, 2.24) is 9.80 Å². The first-order chi connectivity index (χ1) is 15.6. The number of likely N-dealkylation sites (tertiary alicyclic amines) is 1. The van der Waals surface area contributed by atoms with E-state index in [4.69, 9.17) is 16.0 Å². The highest BCUT2D eigenvalue weighted by Crippen LogP contribution is 2.22. The molecule has 0 aliphatic carbocycles. The summed E-state index contributed by atoms with van der Waals surface area (Å²) in [6, 6.07) is 17.5. The predicted molar refractivity (Wildman–Crippen MR) is 124 cm³/mol. The Balaban J connectivity index is 1.36. The monoisotopic (exact) mass is 455 g/mol. The molecular formula is C25H27ClFN3O2. The topological polar surface area (TPSA) is 48.7 Å². The minimum atomic E-state index is -0.380. The second kappa shape index (κ2) is 10.7. The van der Waals surface area contributed by atoms with Crippen LogP contribution in [0, 0.1) is 5.82 Å². The van der Waals surface area contributed by atoms with Gasteiger partial charge in [0.2, 0.25) is 0 Å². The largest absolute Gasteiger partial charge is 0.467 e. The van der Waals surface area contributed by atoms with Gasteiger partial charge in [-0.2, -0.15) is 0 Å². The third kappa shape index (κ3) is 6.11. The Labute approximate surface area is 192 Å². The number of nitrogens with zero attached hydrogens (tertiary/aromatic N) is 2. The molecule has 0 radical (unpaired) electrons. The second-order valence-corrected chi connectivity index (χ2v) is 8.53. The van der Waals surface area contributed by atoms with Crippen LogP contribution in [0.2, 0.25) is 5.02 Å². The summed E-state index contributed by atoms with van der Waals surface area (Å²) in [5.74, 6) is 0.346. The van der Waals surface area contributed by atoms with Crippen LogP contribution in [0.1, 0.15) is 24.2 Å². The summed E-state index contributed by atoms with van der Waals surface area (Å²) >= 11 is 5.97. The number of amides is 2. The number of urea groups is 1. The van der Waals surface area contributed by atoms with Crippen molar-refractivity contribution in [2.75, 3.05) is 25.0 Å². The summed E-state index contributed by atoms with van der Waals surface area (Å²) in [4.78, 5) is 17.3. The van der Waals surface area contributed by atoms with E-state index in [1.807, 2.05) is 24.3 Å². The highest BCUT2D eigenvalue weighted by Gasteiger charge is 2.29. The molecule has 1 fully saturated rings. The van der Waals surface area contributed by atoms with Gasteiger partial charge in [0.25, 0.3) is 0 Å². The number of piperidine rings is 1. The highest BCUT2D eigenvalue weighted by atomic mass is 35.5. The number of carbonyl (C=O) groups excluding carboxylic acids is 1. The molecule has 0 atom stereocenters. The number of carbonyl (C=O) groups is 1. The van der Waals surface area contributed by atoms with E-state index in [2.05, 4.69) is 22.3 Å². The summed E-state index contributed by atoms with van der Waals surface area (Å²) in [5, 5.41) is 3.59. The van der Waals surface area contributed by atoms with Crippen molar-refractivity contribution in [3.8, 4) is 0 Å². The van der Waals surface area contributed by atoms with Crippen LogP contribution in [0.25, 0.3) is 0 Å². The van der Waals surface area contributed by atoms with E-state index < -0.39 is 0 Å². The van der Waals surface area contributed by atoms with Gasteiger partial charge < -0.3 is 19.5 Å². The van der Waals surface area contributed by atoms with Gasteiger partial charge in [0.15, 0.2) is 0 Å². The molecule has 0 unspecified atom stereocenters. The second-order valence-electron chi connectivity index (χ2n) is 8.10. The maximum absolute atomic E-state index is 13.5. The third-order valence-corrected chi connectivity index (χ3v) is 6.12. The summed E-state index contributed by atoms with van der Waals surface area (Å²) in [7, 11) is 0. The fourth-order valence-electron chi connectivity index (χ4n) is 4.09.